The summed E-state index contributed by atoms with van der Waals surface area (Å²) in [6.07, 6.45) is 14.3. The normalized spacial score (nSPS) is 52.0. The van der Waals surface area contributed by atoms with Gasteiger partial charge in [-0.15, -0.1) is 0 Å². The quantitative estimate of drug-likeness (QED) is 0.677. The molecule has 2 nitrogen and oxygen atoms in total. The lowest BCUT2D eigenvalue weighted by Gasteiger charge is -2.57. The zero-order valence-corrected chi connectivity index (χ0v) is 13.7. The molecule has 4 aliphatic carbocycles. The smallest absolute Gasteiger partial charge is 0.0577 e. The van der Waals surface area contributed by atoms with E-state index in [0.717, 1.165) is 30.6 Å². The first-order chi connectivity index (χ1) is 9.53. The summed E-state index contributed by atoms with van der Waals surface area (Å²) in [7, 11) is 0. The second-order valence-electron chi connectivity index (χ2n) is 8.74. The minimum atomic E-state index is -0.0637. The van der Waals surface area contributed by atoms with Crippen LogP contribution in [0.15, 0.2) is 11.6 Å². The maximum atomic E-state index is 10.0. The van der Waals surface area contributed by atoms with E-state index in [4.69, 9.17) is 0 Å². The van der Waals surface area contributed by atoms with Crippen molar-refractivity contribution in [2.45, 2.75) is 77.7 Å². The molecule has 0 saturated heterocycles. The summed E-state index contributed by atoms with van der Waals surface area (Å²) < 4.78 is 0. The van der Waals surface area contributed by atoms with Gasteiger partial charge in [0.05, 0.1) is 6.10 Å². The van der Waals surface area contributed by atoms with Crippen LogP contribution in [0.3, 0.4) is 0 Å². The fourth-order valence-corrected chi connectivity index (χ4v) is 6.63. The fraction of sp³-hybridized carbons (Fsp3) is 0.895. The molecular formula is C19H32O2. The number of hydrogen-bond acceptors (Lipinski definition) is 1. The molecule has 4 rings (SSSR count). The summed E-state index contributed by atoms with van der Waals surface area (Å²) >= 11 is 0. The van der Waals surface area contributed by atoms with Crippen LogP contribution in [0, 0.1) is 28.6 Å². The van der Waals surface area contributed by atoms with Crippen LogP contribution < -0.4 is 0 Å². The number of fused-ring (bicyclic) bond motifs is 5. The highest BCUT2D eigenvalue weighted by Gasteiger charge is 2.55. The number of allylic oxidation sites excluding steroid dienone is 1. The molecule has 0 amide bonds. The summed E-state index contributed by atoms with van der Waals surface area (Å²) in [4.78, 5) is 0. The minimum absolute atomic E-state index is 0. The van der Waals surface area contributed by atoms with Gasteiger partial charge >= 0.3 is 0 Å². The second-order valence-corrected chi connectivity index (χ2v) is 8.74. The van der Waals surface area contributed by atoms with E-state index in [1.807, 2.05) is 0 Å². The summed E-state index contributed by atoms with van der Waals surface area (Å²) in [5, 5.41) is 10.0. The summed E-state index contributed by atoms with van der Waals surface area (Å²) in [5.74, 6) is 2.84. The van der Waals surface area contributed by atoms with E-state index in [1.165, 1.54) is 44.9 Å². The predicted molar refractivity (Wildman–Crippen MR) is 85.9 cm³/mol. The second kappa shape index (κ2) is 5.09. The van der Waals surface area contributed by atoms with Crippen molar-refractivity contribution in [1.29, 1.82) is 0 Å². The van der Waals surface area contributed by atoms with Gasteiger partial charge in [0.15, 0.2) is 0 Å². The Balaban J connectivity index is 0.00000132. The molecule has 3 saturated carbocycles. The fourth-order valence-electron chi connectivity index (χ4n) is 6.63. The molecule has 0 heterocycles. The van der Waals surface area contributed by atoms with Gasteiger partial charge in [0, 0.05) is 0 Å². The van der Waals surface area contributed by atoms with Crippen LogP contribution in [0.4, 0.5) is 0 Å². The van der Waals surface area contributed by atoms with Crippen LogP contribution in [-0.2, 0) is 0 Å². The number of aliphatic hydroxyl groups is 1. The maximum absolute atomic E-state index is 10.0. The van der Waals surface area contributed by atoms with Crippen molar-refractivity contribution < 1.29 is 10.6 Å². The van der Waals surface area contributed by atoms with Crippen LogP contribution in [0.5, 0.6) is 0 Å². The van der Waals surface area contributed by atoms with Crippen LogP contribution in [0.2, 0.25) is 0 Å². The molecule has 0 aliphatic heterocycles. The number of hydrogen-bond donors (Lipinski definition) is 1. The lowest BCUT2D eigenvalue weighted by atomic mass is 9.48. The Morgan fingerprint density at radius 1 is 1.05 bits per heavy atom. The van der Waals surface area contributed by atoms with Crippen molar-refractivity contribution in [2.75, 3.05) is 0 Å². The van der Waals surface area contributed by atoms with Crippen LogP contribution >= 0.6 is 0 Å². The summed E-state index contributed by atoms with van der Waals surface area (Å²) in [6.45, 7) is 5.10. The molecule has 120 valence electrons. The Morgan fingerprint density at radius 2 is 1.86 bits per heavy atom. The van der Waals surface area contributed by atoms with Crippen molar-refractivity contribution in [2.24, 2.45) is 28.6 Å². The van der Waals surface area contributed by atoms with Gasteiger partial charge in [-0.3, -0.25) is 0 Å². The first-order valence-electron chi connectivity index (χ1n) is 8.90. The maximum Gasteiger partial charge on any atom is 0.0577 e. The van der Waals surface area contributed by atoms with Gasteiger partial charge in [-0.25, -0.2) is 0 Å². The molecule has 2 heteroatoms. The molecule has 0 aromatic heterocycles. The Labute approximate surface area is 129 Å². The Kier molecular flexibility index (Phi) is 3.77. The SMILES string of the molecule is C[C@@]12CCC[C@H]1[C@@H]1CC=C3C[C@@H](O)CC[C@]3(C)[C@H]1CC2.O. The average Bonchev–Trinajstić information content (AvgIpc) is 2.81. The highest BCUT2D eigenvalue weighted by atomic mass is 16.3. The van der Waals surface area contributed by atoms with Gasteiger partial charge in [0.25, 0.3) is 0 Å². The minimum Gasteiger partial charge on any atom is -0.412 e. The van der Waals surface area contributed by atoms with E-state index >= 15 is 0 Å². The Morgan fingerprint density at radius 3 is 2.67 bits per heavy atom. The highest BCUT2D eigenvalue weighted by molar-refractivity contribution is 5.25. The molecule has 0 unspecified atom stereocenters. The molecular weight excluding hydrogens is 260 g/mol. The van der Waals surface area contributed by atoms with Gasteiger partial charge < -0.3 is 10.6 Å². The molecule has 0 aromatic rings. The zero-order valence-electron chi connectivity index (χ0n) is 13.7. The molecule has 4 aliphatic rings. The third-order valence-electron chi connectivity index (χ3n) is 7.86. The molecule has 21 heavy (non-hydrogen) atoms. The predicted octanol–water partition coefficient (Wildman–Crippen LogP) is 3.88. The third-order valence-corrected chi connectivity index (χ3v) is 7.86. The topological polar surface area (TPSA) is 51.7 Å². The van der Waals surface area contributed by atoms with Crippen molar-refractivity contribution in [3.63, 3.8) is 0 Å². The third kappa shape index (κ3) is 2.13. The van der Waals surface area contributed by atoms with E-state index < -0.39 is 0 Å². The van der Waals surface area contributed by atoms with Crippen LogP contribution in [0.25, 0.3) is 0 Å². The molecule has 0 aromatic carbocycles. The van der Waals surface area contributed by atoms with E-state index in [0.29, 0.717) is 10.8 Å². The van der Waals surface area contributed by atoms with Gasteiger partial charge in [-0.1, -0.05) is 31.9 Å². The Bertz CT molecular complexity index is 443. The number of aliphatic hydroxyl groups excluding tert-OH is 1. The summed E-state index contributed by atoms with van der Waals surface area (Å²) in [6, 6.07) is 0. The summed E-state index contributed by atoms with van der Waals surface area (Å²) in [5.41, 5.74) is 2.70. The largest absolute Gasteiger partial charge is 0.412 e. The highest BCUT2D eigenvalue weighted by Crippen LogP contribution is 2.64. The van der Waals surface area contributed by atoms with Crippen molar-refractivity contribution in [3.05, 3.63) is 11.6 Å². The number of rotatable bonds is 0. The van der Waals surface area contributed by atoms with Crippen LogP contribution in [-0.4, -0.2) is 16.7 Å². The lowest BCUT2D eigenvalue weighted by Crippen LogP contribution is -2.49. The van der Waals surface area contributed by atoms with Gasteiger partial charge in [0.2, 0.25) is 0 Å². The van der Waals surface area contributed by atoms with E-state index in [1.54, 1.807) is 5.57 Å². The van der Waals surface area contributed by atoms with Gasteiger partial charge in [-0.2, -0.15) is 0 Å². The molecule has 0 bridgehead atoms. The van der Waals surface area contributed by atoms with Crippen molar-refractivity contribution in [1.82, 2.24) is 0 Å². The van der Waals surface area contributed by atoms with Gasteiger partial charge in [0.1, 0.15) is 0 Å². The van der Waals surface area contributed by atoms with E-state index in [-0.39, 0.29) is 11.6 Å². The molecule has 6 atom stereocenters. The van der Waals surface area contributed by atoms with Crippen molar-refractivity contribution >= 4 is 0 Å². The monoisotopic (exact) mass is 292 g/mol. The molecule has 3 N–H and O–H groups in total. The molecule has 3 fully saturated rings. The molecule has 0 spiro atoms. The lowest BCUT2D eigenvalue weighted by molar-refractivity contribution is -0.0360. The van der Waals surface area contributed by atoms with Gasteiger partial charge in [-0.05, 0) is 80.0 Å². The average molecular weight is 292 g/mol. The van der Waals surface area contributed by atoms with E-state index in [2.05, 4.69) is 19.9 Å². The first kappa shape index (κ1) is 15.6. The zero-order chi connectivity index (χ0) is 14.0. The van der Waals surface area contributed by atoms with Crippen LogP contribution in [0.1, 0.15) is 71.6 Å². The van der Waals surface area contributed by atoms with Crippen molar-refractivity contribution in [3.8, 4) is 0 Å². The first-order valence-corrected chi connectivity index (χ1v) is 8.90. The van der Waals surface area contributed by atoms with E-state index in [9.17, 15) is 5.11 Å². The Hall–Kier alpha value is -0.340. The molecule has 0 radical (unpaired) electrons. The standard InChI is InChI=1S/C19H30O.H2O/c1-18-9-3-4-16(18)15-6-5-13-12-14(20)7-11-19(13,2)17(15)8-10-18;/h5,14-17,20H,3-4,6-12H2,1-2H3;1H2/t14-,15-,16-,17-,18-,19-;/m0./s1.